The van der Waals surface area contributed by atoms with Crippen molar-refractivity contribution >= 4 is 5.91 Å². The van der Waals surface area contributed by atoms with Gasteiger partial charge >= 0.3 is 0 Å². The average Bonchev–Trinajstić information content (AvgIpc) is 2.64. The van der Waals surface area contributed by atoms with Gasteiger partial charge in [0.2, 0.25) is 5.91 Å². The largest absolute Gasteiger partial charge is 0.496 e. The van der Waals surface area contributed by atoms with E-state index in [1.807, 2.05) is 43.3 Å². The molecule has 0 spiro atoms. The Balaban J connectivity index is 1.44. The molecule has 0 aromatic heterocycles. The first-order valence-electron chi connectivity index (χ1n) is 8.44. The monoisotopic (exact) mass is 341 g/mol. The predicted octanol–water partition coefficient (Wildman–Crippen LogP) is 2.89. The molecule has 132 valence electrons. The molecule has 0 bridgehead atoms. The lowest BCUT2D eigenvalue weighted by Crippen LogP contribution is -2.40. The zero-order chi connectivity index (χ0) is 17.6. The van der Waals surface area contributed by atoms with Crippen LogP contribution < -0.4 is 19.5 Å². The number of aryl methyl sites for hydroxylation is 2. The lowest BCUT2D eigenvalue weighted by atomic mass is 10.1. The molecule has 1 aliphatic rings. The molecular weight excluding hydrogens is 318 g/mol. The molecular formula is C20H23NO4. The number of para-hydroxylation sites is 2. The molecule has 25 heavy (non-hydrogen) atoms. The molecule has 0 saturated heterocycles. The van der Waals surface area contributed by atoms with Crippen LogP contribution in [0.15, 0.2) is 42.5 Å². The van der Waals surface area contributed by atoms with E-state index in [2.05, 4.69) is 11.4 Å². The Kier molecular flexibility index (Phi) is 5.43. The highest BCUT2D eigenvalue weighted by Crippen LogP contribution is 2.30. The van der Waals surface area contributed by atoms with Crippen LogP contribution in [0.25, 0.3) is 0 Å². The van der Waals surface area contributed by atoms with E-state index in [0.29, 0.717) is 26.0 Å². The van der Waals surface area contributed by atoms with Gasteiger partial charge in [-0.2, -0.15) is 0 Å². The summed E-state index contributed by atoms with van der Waals surface area (Å²) in [4.78, 5) is 12.1. The number of hydrogen-bond acceptors (Lipinski definition) is 4. The maximum atomic E-state index is 12.1. The van der Waals surface area contributed by atoms with Gasteiger partial charge in [0.15, 0.2) is 11.5 Å². The van der Waals surface area contributed by atoms with Crippen LogP contribution >= 0.6 is 0 Å². The Labute approximate surface area is 147 Å². The van der Waals surface area contributed by atoms with Gasteiger partial charge in [-0.3, -0.25) is 4.79 Å². The molecule has 1 atom stereocenters. The normalized spacial score (nSPS) is 15.5. The van der Waals surface area contributed by atoms with Crippen molar-refractivity contribution in [2.24, 2.45) is 0 Å². The van der Waals surface area contributed by atoms with Crippen molar-refractivity contribution in [3.8, 4) is 17.2 Å². The highest BCUT2D eigenvalue weighted by molar-refractivity contribution is 5.76. The van der Waals surface area contributed by atoms with Crippen molar-refractivity contribution in [1.29, 1.82) is 0 Å². The molecule has 1 amide bonds. The highest BCUT2D eigenvalue weighted by atomic mass is 16.6. The zero-order valence-electron chi connectivity index (χ0n) is 14.6. The maximum absolute atomic E-state index is 12.1. The first kappa shape index (κ1) is 17.1. The number of methoxy groups -OCH3 is 1. The molecule has 1 unspecified atom stereocenters. The third-order valence-corrected chi connectivity index (χ3v) is 4.19. The third kappa shape index (κ3) is 4.44. The summed E-state index contributed by atoms with van der Waals surface area (Å²) in [6.07, 6.45) is 0.972. The van der Waals surface area contributed by atoms with E-state index in [4.69, 9.17) is 14.2 Å². The lowest BCUT2D eigenvalue weighted by Gasteiger charge is -2.26. The topological polar surface area (TPSA) is 56.8 Å². The Morgan fingerprint density at radius 3 is 2.80 bits per heavy atom. The first-order valence-corrected chi connectivity index (χ1v) is 8.44. The van der Waals surface area contributed by atoms with E-state index in [-0.39, 0.29) is 12.0 Å². The van der Waals surface area contributed by atoms with Crippen LogP contribution in [0.3, 0.4) is 0 Å². The molecule has 1 N–H and O–H groups in total. The van der Waals surface area contributed by atoms with Gasteiger partial charge in [-0.15, -0.1) is 0 Å². The lowest BCUT2D eigenvalue weighted by molar-refractivity contribution is -0.121. The molecule has 1 heterocycles. The molecule has 2 aromatic carbocycles. The van der Waals surface area contributed by atoms with Gasteiger partial charge < -0.3 is 19.5 Å². The van der Waals surface area contributed by atoms with Gasteiger partial charge in [0, 0.05) is 6.42 Å². The van der Waals surface area contributed by atoms with E-state index in [0.717, 1.165) is 28.4 Å². The molecule has 0 saturated carbocycles. The summed E-state index contributed by atoms with van der Waals surface area (Å²) in [5, 5.41) is 2.92. The smallest absolute Gasteiger partial charge is 0.220 e. The number of nitrogens with one attached hydrogen (secondary N) is 1. The minimum atomic E-state index is -0.165. The molecule has 2 aromatic rings. The van der Waals surface area contributed by atoms with Crippen LogP contribution in [0.5, 0.6) is 17.2 Å². The van der Waals surface area contributed by atoms with Crippen molar-refractivity contribution in [3.63, 3.8) is 0 Å². The summed E-state index contributed by atoms with van der Waals surface area (Å²) < 4.78 is 16.7. The summed E-state index contributed by atoms with van der Waals surface area (Å²) in [7, 11) is 1.66. The van der Waals surface area contributed by atoms with Crippen LogP contribution in [0.2, 0.25) is 0 Å². The zero-order valence-corrected chi connectivity index (χ0v) is 14.6. The minimum absolute atomic E-state index is 0.0101. The van der Waals surface area contributed by atoms with Crippen molar-refractivity contribution in [3.05, 3.63) is 53.6 Å². The molecule has 0 radical (unpaired) electrons. The van der Waals surface area contributed by atoms with Crippen molar-refractivity contribution in [1.82, 2.24) is 5.32 Å². The highest BCUT2D eigenvalue weighted by Gasteiger charge is 2.20. The molecule has 0 aliphatic carbocycles. The van der Waals surface area contributed by atoms with Crippen LogP contribution in [-0.2, 0) is 11.2 Å². The second kappa shape index (κ2) is 7.92. The maximum Gasteiger partial charge on any atom is 0.220 e. The number of ether oxygens (including phenoxy) is 3. The Morgan fingerprint density at radius 1 is 1.24 bits per heavy atom. The van der Waals surface area contributed by atoms with Crippen LogP contribution in [-0.4, -0.2) is 32.3 Å². The van der Waals surface area contributed by atoms with E-state index in [1.54, 1.807) is 7.11 Å². The van der Waals surface area contributed by atoms with Crippen molar-refractivity contribution < 1.29 is 19.0 Å². The van der Waals surface area contributed by atoms with E-state index < -0.39 is 0 Å². The van der Waals surface area contributed by atoms with E-state index in [9.17, 15) is 4.79 Å². The van der Waals surface area contributed by atoms with Crippen molar-refractivity contribution in [2.45, 2.75) is 25.9 Å². The van der Waals surface area contributed by atoms with Crippen LogP contribution in [0, 0.1) is 6.92 Å². The Hall–Kier alpha value is -2.69. The minimum Gasteiger partial charge on any atom is -0.496 e. The summed E-state index contributed by atoms with van der Waals surface area (Å²) in [6, 6.07) is 13.5. The van der Waals surface area contributed by atoms with Crippen LogP contribution in [0.4, 0.5) is 0 Å². The first-order chi connectivity index (χ1) is 12.2. The van der Waals surface area contributed by atoms with Gasteiger partial charge in [0.05, 0.1) is 13.7 Å². The predicted molar refractivity (Wildman–Crippen MR) is 95.4 cm³/mol. The summed E-state index contributed by atoms with van der Waals surface area (Å²) in [6.45, 7) is 2.88. The second-order valence-electron chi connectivity index (χ2n) is 6.11. The number of fused-ring (bicyclic) bond motifs is 1. The number of carbonyl (C=O) groups is 1. The van der Waals surface area contributed by atoms with E-state index in [1.165, 1.54) is 0 Å². The number of carbonyl (C=O) groups excluding carboxylic acids is 1. The Bertz CT molecular complexity index is 744. The molecule has 5 heteroatoms. The summed E-state index contributed by atoms with van der Waals surface area (Å²) in [5.74, 6) is 2.35. The molecule has 5 nitrogen and oxygen atoms in total. The fourth-order valence-electron chi connectivity index (χ4n) is 2.83. The van der Waals surface area contributed by atoms with Gasteiger partial charge in [0.1, 0.15) is 18.5 Å². The molecule has 0 fully saturated rings. The summed E-state index contributed by atoms with van der Waals surface area (Å²) >= 11 is 0. The Morgan fingerprint density at radius 2 is 2.04 bits per heavy atom. The second-order valence-corrected chi connectivity index (χ2v) is 6.11. The fourth-order valence-corrected chi connectivity index (χ4v) is 2.83. The van der Waals surface area contributed by atoms with Crippen LogP contribution in [0.1, 0.15) is 17.5 Å². The SMILES string of the molecule is COc1ccc(CCC(=O)NCC2COc3ccccc3O2)cc1C. The average molecular weight is 341 g/mol. The van der Waals surface area contributed by atoms with E-state index >= 15 is 0 Å². The molecule has 1 aliphatic heterocycles. The summed E-state index contributed by atoms with van der Waals surface area (Å²) in [5.41, 5.74) is 2.20. The number of rotatable bonds is 6. The number of amides is 1. The number of hydrogen-bond donors (Lipinski definition) is 1. The van der Waals surface area contributed by atoms with Gasteiger partial charge in [-0.05, 0) is 42.7 Å². The quantitative estimate of drug-likeness (QED) is 0.878. The number of benzene rings is 2. The van der Waals surface area contributed by atoms with Gasteiger partial charge in [-0.1, -0.05) is 24.3 Å². The molecule has 3 rings (SSSR count). The van der Waals surface area contributed by atoms with Gasteiger partial charge in [0.25, 0.3) is 0 Å². The van der Waals surface area contributed by atoms with Crippen molar-refractivity contribution in [2.75, 3.05) is 20.3 Å². The standard InChI is InChI=1S/C20H23NO4/c1-14-11-15(7-9-17(14)23-2)8-10-20(22)21-12-16-13-24-18-5-3-4-6-19(18)25-16/h3-7,9,11,16H,8,10,12-13H2,1-2H3,(H,21,22). The van der Waals surface area contributed by atoms with Gasteiger partial charge in [-0.25, -0.2) is 0 Å². The third-order valence-electron chi connectivity index (χ3n) is 4.19. The fraction of sp³-hybridized carbons (Fsp3) is 0.350.